The van der Waals surface area contributed by atoms with Crippen LogP contribution in [0.1, 0.15) is 48.8 Å². The summed E-state index contributed by atoms with van der Waals surface area (Å²) < 4.78 is 7.60. The number of carboxylic acid groups (broad SMARTS) is 1. The minimum atomic E-state index is -0.939. The van der Waals surface area contributed by atoms with E-state index in [1.54, 1.807) is 12.1 Å². The molecule has 0 aliphatic heterocycles. The first-order valence-corrected chi connectivity index (χ1v) is 7.14. The van der Waals surface area contributed by atoms with Crippen molar-refractivity contribution < 1.29 is 14.6 Å². The van der Waals surface area contributed by atoms with Crippen LogP contribution in [-0.2, 0) is 6.61 Å². The third-order valence-corrected chi connectivity index (χ3v) is 3.47. The smallest absolute Gasteiger partial charge is 0.335 e. The number of aromatic nitrogens is 2. The van der Waals surface area contributed by atoms with Crippen LogP contribution in [0, 0.1) is 0 Å². The summed E-state index contributed by atoms with van der Waals surface area (Å²) in [5.74, 6) is -0.303. The summed E-state index contributed by atoms with van der Waals surface area (Å²) in [4.78, 5) is 10.8. The van der Waals surface area contributed by atoms with Gasteiger partial charge in [0.15, 0.2) is 0 Å². The number of rotatable bonds is 7. The molecule has 0 radical (unpaired) electrons. The largest absolute Gasteiger partial charge is 0.487 e. The van der Waals surface area contributed by atoms with Crippen molar-refractivity contribution in [2.75, 3.05) is 0 Å². The van der Waals surface area contributed by atoms with Crippen molar-refractivity contribution in [2.24, 2.45) is 0 Å². The predicted molar refractivity (Wildman–Crippen MR) is 79.6 cm³/mol. The molecule has 1 aromatic carbocycles. The van der Waals surface area contributed by atoms with E-state index in [1.165, 1.54) is 12.1 Å². The molecule has 2 rings (SSSR count). The fraction of sp³-hybridized carbons (Fsp3) is 0.375. The molecule has 0 saturated carbocycles. The van der Waals surface area contributed by atoms with Gasteiger partial charge in [0, 0.05) is 6.20 Å². The zero-order valence-electron chi connectivity index (χ0n) is 12.3. The summed E-state index contributed by atoms with van der Waals surface area (Å²) in [5.41, 5.74) is 1.12. The first-order chi connectivity index (χ1) is 10.1. The maximum Gasteiger partial charge on any atom is 0.335 e. The number of hydrogen-bond acceptors (Lipinski definition) is 3. The Morgan fingerprint density at radius 3 is 2.48 bits per heavy atom. The maximum atomic E-state index is 10.8. The molecule has 5 nitrogen and oxygen atoms in total. The van der Waals surface area contributed by atoms with Gasteiger partial charge in [-0.25, -0.2) is 4.79 Å². The first-order valence-electron chi connectivity index (χ1n) is 7.14. The molecular weight excluding hydrogens is 268 g/mol. The van der Waals surface area contributed by atoms with Gasteiger partial charge in [0.1, 0.15) is 12.4 Å². The lowest BCUT2D eigenvalue weighted by Crippen LogP contribution is -2.08. The van der Waals surface area contributed by atoms with Gasteiger partial charge in [0.2, 0.25) is 0 Å². The maximum absolute atomic E-state index is 10.8. The van der Waals surface area contributed by atoms with E-state index in [2.05, 4.69) is 18.9 Å². The molecule has 0 fully saturated rings. The van der Waals surface area contributed by atoms with Gasteiger partial charge >= 0.3 is 5.97 Å². The normalized spacial score (nSPS) is 10.8. The fourth-order valence-corrected chi connectivity index (χ4v) is 2.17. The zero-order valence-corrected chi connectivity index (χ0v) is 12.3. The number of benzene rings is 1. The zero-order chi connectivity index (χ0) is 15.2. The number of carbonyl (C=O) groups is 1. The molecule has 0 saturated heterocycles. The van der Waals surface area contributed by atoms with Crippen molar-refractivity contribution in [1.29, 1.82) is 0 Å². The summed E-state index contributed by atoms with van der Waals surface area (Å²) in [6, 6.07) is 8.74. The Hall–Kier alpha value is -2.30. The summed E-state index contributed by atoms with van der Waals surface area (Å²) in [6.07, 6.45) is 4.08. The molecule has 0 aliphatic carbocycles. The highest BCUT2D eigenvalue weighted by Crippen LogP contribution is 2.16. The van der Waals surface area contributed by atoms with Gasteiger partial charge in [-0.3, -0.25) is 4.68 Å². The predicted octanol–water partition coefficient (Wildman–Crippen LogP) is 3.52. The Morgan fingerprint density at radius 1 is 1.24 bits per heavy atom. The van der Waals surface area contributed by atoms with Crippen LogP contribution in [0.3, 0.4) is 0 Å². The van der Waals surface area contributed by atoms with Gasteiger partial charge in [-0.15, -0.1) is 0 Å². The van der Waals surface area contributed by atoms with Gasteiger partial charge < -0.3 is 9.84 Å². The Bertz CT molecular complexity index is 586. The first kappa shape index (κ1) is 15.1. The Kier molecular flexibility index (Phi) is 4.98. The average Bonchev–Trinajstić information content (AvgIpc) is 2.96. The van der Waals surface area contributed by atoms with Crippen LogP contribution in [0.25, 0.3) is 0 Å². The number of carboxylic acids is 1. The lowest BCUT2D eigenvalue weighted by Gasteiger charge is -2.12. The second-order valence-corrected chi connectivity index (χ2v) is 4.88. The summed E-state index contributed by atoms with van der Waals surface area (Å²) in [6.45, 7) is 4.67. The number of aromatic carboxylic acids is 1. The third-order valence-electron chi connectivity index (χ3n) is 3.47. The summed E-state index contributed by atoms with van der Waals surface area (Å²) in [7, 11) is 0. The Labute approximate surface area is 124 Å². The van der Waals surface area contributed by atoms with Gasteiger partial charge in [0.05, 0.1) is 17.3 Å². The second kappa shape index (κ2) is 6.92. The lowest BCUT2D eigenvalue weighted by molar-refractivity contribution is 0.0697. The van der Waals surface area contributed by atoms with E-state index >= 15 is 0 Å². The number of ether oxygens (including phenoxy) is 1. The van der Waals surface area contributed by atoms with Crippen molar-refractivity contribution in [3.8, 4) is 5.75 Å². The van der Waals surface area contributed by atoms with Crippen molar-refractivity contribution >= 4 is 5.97 Å². The minimum absolute atomic E-state index is 0.250. The number of nitrogens with zero attached hydrogens (tertiary/aromatic N) is 2. The topological polar surface area (TPSA) is 64.3 Å². The molecule has 0 amide bonds. The second-order valence-electron chi connectivity index (χ2n) is 4.88. The molecule has 21 heavy (non-hydrogen) atoms. The van der Waals surface area contributed by atoms with E-state index in [0.29, 0.717) is 18.4 Å². The van der Waals surface area contributed by atoms with Crippen molar-refractivity contribution in [2.45, 2.75) is 39.3 Å². The molecule has 5 heteroatoms. The van der Waals surface area contributed by atoms with Crippen molar-refractivity contribution in [1.82, 2.24) is 9.78 Å². The van der Waals surface area contributed by atoms with Gasteiger partial charge in [-0.2, -0.15) is 5.10 Å². The van der Waals surface area contributed by atoms with Crippen LogP contribution < -0.4 is 4.74 Å². The molecule has 0 bridgehead atoms. The highest BCUT2D eigenvalue weighted by molar-refractivity contribution is 5.87. The van der Waals surface area contributed by atoms with E-state index in [1.807, 2.05) is 16.9 Å². The molecule has 0 atom stereocenters. The van der Waals surface area contributed by atoms with Crippen LogP contribution in [0.4, 0.5) is 0 Å². The van der Waals surface area contributed by atoms with Gasteiger partial charge in [0.25, 0.3) is 0 Å². The standard InChI is InChI=1S/C16H20N2O3/c1-3-14(4-2)18-10-9-13(17-18)11-21-15-7-5-12(6-8-15)16(19)20/h5-10,14H,3-4,11H2,1-2H3,(H,19,20). The molecular formula is C16H20N2O3. The van der Waals surface area contributed by atoms with Gasteiger partial charge in [-0.05, 0) is 43.2 Å². The molecule has 1 heterocycles. The average molecular weight is 288 g/mol. The third kappa shape index (κ3) is 3.84. The van der Waals surface area contributed by atoms with Crippen LogP contribution >= 0.6 is 0 Å². The van der Waals surface area contributed by atoms with Crippen LogP contribution in [0.5, 0.6) is 5.75 Å². The van der Waals surface area contributed by atoms with E-state index in [9.17, 15) is 4.79 Å². The van der Waals surface area contributed by atoms with E-state index in [0.717, 1.165) is 18.5 Å². The molecule has 0 aliphatic rings. The molecule has 1 aromatic heterocycles. The van der Waals surface area contributed by atoms with Crippen LogP contribution in [-0.4, -0.2) is 20.9 Å². The van der Waals surface area contributed by atoms with Crippen LogP contribution in [0.15, 0.2) is 36.5 Å². The summed E-state index contributed by atoms with van der Waals surface area (Å²) in [5, 5.41) is 13.3. The van der Waals surface area contributed by atoms with Crippen molar-refractivity contribution in [3.05, 3.63) is 47.8 Å². The molecule has 0 unspecified atom stereocenters. The molecule has 1 N–H and O–H groups in total. The van der Waals surface area contributed by atoms with Gasteiger partial charge in [-0.1, -0.05) is 13.8 Å². The van der Waals surface area contributed by atoms with E-state index in [4.69, 9.17) is 9.84 Å². The molecule has 112 valence electrons. The molecule has 2 aromatic rings. The number of hydrogen-bond donors (Lipinski definition) is 1. The van der Waals surface area contributed by atoms with E-state index in [-0.39, 0.29) is 5.56 Å². The Balaban J connectivity index is 1.95. The highest BCUT2D eigenvalue weighted by atomic mass is 16.5. The quantitative estimate of drug-likeness (QED) is 0.846. The summed E-state index contributed by atoms with van der Waals surface area (Å²) >= 11 is 0. The highest BCUT2D eigenvalue weighted by Gasteiger charge is 2.08. The van der Waals surface area contributed by atoms with Crippen LogP contribution in [0.2, 0.25) is 0 Å². The minimum Gasteiger partial charge on any atom is -0.487 e. The Morgan fingerprint density at radius 2 is 1.90 bits per heavy atom. The lowest BCUT2D eigenvalue weighted by atomic mass is 10.2. The molecule has 0 spiro atoms. The van der Waals surface area contributed by atoms with E-state index < -0.39 is 5.97 Å². The monoisotopic (exact) mass is 288 g/mol. The SMILES string of the molecule is CCC(CC)n1ccc(COc2ccc(C(=O)O)cc2)n1. The van der Waals surface area contributed by atoms with Crippen molar-refractivity contribution in [3.63, 3.8) is 0 Å². The fourth-order valence-electron chi connectivity index (χ4n) is 2.17.